The van der Waals surface area contributed by atoms with Crippen molar-refractivity contribution in [2.75, 3.05) is 40.3 Å². The molecular weight excluding hydrogens is 274 g/mol. The summed E-state index contributed by atoms with van der Waals surface area (Å²) in [6.45, 7) is 6.44. The first-order valence-corrected chi connectivity index (χ1v) is 8.26. The third-order valence-electron chi connectivity index (χ3n) is 4.27. The number of hydrogen-bond acceptors (Lipinski definition) is 3. The molecule has 0 aliphatic carbocycles. The van der Waals surface area contributed by atoms with Crippen LogP contribution in [0.5, 0.6) is 0 Å². The van der Waals surface area contributed by atoms with Crippen LogP contribution in [0.4, 0.5) is 0 Å². The summed E-state index contributed by atoms with van der Waals surface area (Å²) < 4.78 is 0. The molecule has 2 rings (SSSR count). The summed E-state index contributed by atoms with van der Waals surface area (Å²) in [6.07, 6.45) is 1.93. The van der Waals surface area contributed by atoms with E-state index in [0.29, 0.717) is 5.91 Å². The first-order chi connectivity index (χ1) is 10.6. The van der Waals surface area contributed by atoms with Crippen LogP contribution in [0.3, 0.4) is 0 Å². The van der Waals surface area contributed by atoms with Crippen molar-refractivity contribution in [3.05, 3.63) is 35.4 Å². The lowest BCUT2D eigenvalue weighted by molar-refractivity contribution is -0.137. The van der Waals surface area contributed by atoms with Gasteiger partial charge in [0.05, 0.1) is 0 Å². The highest BCUT2D eigenvalue weighted by atomic mass is 16.2. The summed E-state index contributed by atoms with van der Waals surface area (Å²) in [5, 5.41) is 3.34. The summed E-state index contributed by atoms with van der Waals surface area (Å²) in [4.78, 5) is 17.1. The molecule has 1 aromatic carbocycles. The lowest BCUT2D eigenvalue weighted by Crippen LogP contribution is -2.43. The quantitative estimate of drug-likeness (QED) is 0.872. The fraction of sp³-hybridized carbons (Fsp3) is 0.611. The van der Waals surface area contributed by atoms with Gasteiger partial charge in [0.1, 0.15) is 0 Å². The van der Waals surface area contributed by atoms with E-state index >= 15 is 0 Å². The summed E-state index contributed by atoms with van der Waals surface area (Å²) in [6, 6.07) is 8.47. The van der Waals surface area contributed by atoms with Crippen molar-refractivity contribution in [3.63, 3.8) is 0 Å². The van der Waals surface area contributed by atoms with Crippen molar-refractivity contribution in [3.8, 4) is 0 Å². The van der Waals surface area contributed by atoms with Gasteiger partial charge in [0, 0.05) is 25.6 Å². The number of carbonyl (C=O) groups is 1. The minimum atomic E-state index is 0.188. The molecule has 0 radical (unpaired) electrons. The Bertz CT molecular complexity index is 481. The average Bonchev–Trinajstić information content (AvgIpc) is 2.51. The minimum absolute atomic E-state index is 0.188. The molecule has 1 fully saturated rings. The number of nitrogens with one attached hydrogen (secondary N) is 1. The lowest BCUT2D eigenvalue weighted by atomic mass is 9.96. The van der Waals surface area contributed by atoms with E-state index in [4.69, 9.17) is 0 Å². The van der Waals surface area contributed by atoms with Gasteiger partial charge in [-0.15, -0.1) is 0 Å². The van der Waals surface area contributed by atoms with Gasteiger partial charge in [-0.25, -0.2) is 0 Å². The Balaban J connectivity index is 2.05. The number of amides is 1. The number of aryl methyl sites for hydroxylation is 1. The van der Waals surface area contributed by atoms with Crippen molar-refractivity contribution < 1.29 is 4.79 Å². The molecule has 1 aliphatic rings. The van der Waals surface area contributed by atoms with Gasteiger partial charge in [0.2, 0.25) is 5.91 Å². The molecule has 1 aromatic rings. The molecule has 0 spiro atoms. The summed E-state index contributed by atoms with van der Waals surface area (Å²) in [5.74, 6) is 0.512. The van der Waals surface area contributed by atoms with Crippen molar-refractivity contribution in [2.24, 2.45) is 5.92 Å². The van der Waals surface area contributed by atoms with E-state index in [2.05, 4.69) is 55.5 Å². The lowest BCUT2D eigenvalue weighted by Gasteiger charge is -2.30. The van der Waals surface area contributed by atoms with Gasteiger partial charge in [-0.2, -0.15) is 0 Å². The molecule has 0 saturated carbocycles. The molecule has 4 nitrogen and oxygen atoms in total. The van der Waals surface area contributed by atoms with Gasteiger partial charge in [-0.3, -0.25) is 4.79 Å². The Hall–Kier alpha value is -1.39. The fourth-order valence-electron chi connectivity index (χ4n) is 2.95. The normalized spacial score (nSPS) is 16.0. The second-order valence-corrected chi connectivity index (χ2v) is 6.58. The maximum Gasteiger partial charge on any atom is 0.226 e. The SMILES string of the molecule is Cc1cccc(CN(CCN(C)C)C(=O)C2CCNCC2)c1. The standard InChI is InChI=1S/C18H29N3O/c1-15-5-4-6-16(13-15)14-21(12-11-20(2)3)18(22)17-7-9-19-10-8-17/h4-6,13,17,19H,7-12,14H2,1-3H3. The fourth-order valence-corrected chi connectivity index (χ4v) is 2.95. The molecule has 4 heteroatoms. The van der Waals surface area contributed by atoms with Crippen LogP contribution in [-0.2, 0) is 11.3 Å². The van der Waals surface area contributed by atoms with Gasteiger partial charge in [0.15, 0.2) is 0 Å². The van der Waals surface area contributed by atoms with Crippen LogP contribution in [0.15, 0.2) is 24.3 Å². The van der Waals surface area contributed by atoms with E-state index in [-0.39, 0.29) is 5.92 Å². The van der Waals surface area contributed by atoms with E-state index in [0.717, 1.165) is 45.6 Å². The van der Waals surface area contributed by atoms with Crippen molar-refractivity contribution in [2.45, 2.75) is 26.3 Å². The zero-order valence-corrected chi connectivity index (χ0v) is 14.1. The predicted octanol–water partition coefficient (Wildman–Crippen LogP) is 1.88. The van der Waals surface area contributed by atoms with Crippen LogP contribution in [0.2, 0.25) is 0 Å². The molecule has 1 heterocycles. The molecule has 1 N–H and O–H groups in total. The van der Waals surface area contributed by atoms with Gasteiger partial charge >= 0.3 is 0 Å². The number of nitrogens with zero attached hydrogens (tertiary/aromatic N) is 2. The molecule has 1 aliphatic heterocycles. The zero-order valence-electron chi connectivity index (χ0n) is 14.1. The van der Waals surface area contributed by atoms with E-state index in [1.807, 2.05) is 4.90 Å². The van der Waals surface area contributed by atoms with Gasteiger partial charge in [0.25, 0.3) is 0 Å². The van der Waals surface area contributed by atoms with Gasteiger partial charge in [-0.1, -0.05) is 29.8 Å². The average molecular weight is 303 g/mol. The number of benzene rings is 1. The molecule has 0 unspecified atom stereocenters. The van der Waals surface area contributed by atoms with Crippen LogP contribution in [0.25, 0.3) is 0 Å². The number of piperidine rings is 1. The molecule has 0 bridgehead atoms. The molecule has 22 heavy (non-hydrogen) atoms. The maximum absolute atomic E-state index is 12.9. The summed E-state index contributed by atoms with van der Waals surface area (Å²) >= 11 is 0. The van der Waals surface area contributed by atoms with E-state index in [9.17, 15) is 4.79 Å². The Morgan fingerprint density at radius 1 is 1.23 bits per heavy atom. The maximum atomic E-state index is 12.9. The summed E-state index contributed by atoms with van der Waals surface area (Å²) in [7, 11) is 4.11. The van der Waals surface area contributed by atoms with Crippen molar-refractivity contribution in [1.29, 1.82) is 0 Å². The second-order valence-electron chi connectivity index (χ2n) is 6.58. The molecule has 0 aromatic heterocycles. The number of rotatable bonds is 6. The topological polar surface area (TPSA) is 35.6 Å². The van der Waals surface area contributed by atoms with E-state index in [1.54, 1.807) is 0 Å². The molecule has 1 amide bonds. The summed E-state index contributed by atoms with van der Waals surface area (Å²) in [5.41, 5.74) is 2.47. The van der Waals surface area contributed by atoms with Gasteiger partial charge in [-0.05, 0) is 52.5 Å². The zero-order chi connectivity index (χ0) is 15.9. The third kappa shape index (κ3) is 5.11. The Kier molecular flexibility index (Phi) is 6.40. The van der Waals surface area contributed by atoms with Crippen LogP contribution in [-0.4, -0.2) is 56.0 Å². The smallest absolute Gasteiger partial charge is 0.226 e. The van der Waals surface area contributed by atoms with Crippen LogP contribution in [0, 0.1) is 12.8 Å². The molecule has 0 atom stereocenters. The minimum Gasteiger partial charge on any atom is -0.337 e. The third-order valence-corrected chi connectivity index (χ3v) is 4.27. The monoisotopic (exact) mass is 303 g/mol. The highest BCUT2D eigenvalue weighted by molar-refractivity contribution is 5.79. The molecule has 122 valence electrons. The Labute approximate surface area is 134 Å². The number of carbonyl (C=O) groups excluding carboxylic acids is 1. The Morgan fingerprint density at radius 2 is 1.95 bits per heavy atom. The predicted molar refractivity (Wildman–Crippen MR) is 90.7 cm³/mol. The van der Waals surface area contributed by atoms with Crippen molar-refractivity contribution >= 4 is 5.91 Å². The number of likely N-dealkylation sites (N-methyl/N-ethyl adjacent to an activating group) is 1. The first-order valence-electron chi connectivity index (χ1n) is 8.26. The van der Waals surface area contributed by atoms with Crippen LogP contribution in [0.1, 0.15) is 24.0 Å². The van der Waals surface area contributed by atoms with Gasteiger partial charge < -0.3 is 15.1 Å². The van der Waals surface area contributed by atoms with Crippen molar-refractivity contribution in [1.82, 2.24) is 15.1 Å². The highest BCUT2D eigenvalue weighted by Gasteiger charge is 2.25. The van der Waals surface area contributed by atoms with E-state index < -0.39 is 0 Å². The first kappa shape index (κ1) is 17.0. The highest BCUT2D eigenvalue weighted by Crippen LogP contribution is 2.17. The van der Waals surface area contributed by atoms with Crippen LogP contribution >= 0.6 is 0 Å². The Morgan fingerprint density at radius 3 is 2.59 bits per heavy atom. The molecular formula is C18H29N3O. The largest absolute Gasteiger partial charge is 0.337 e. The molecule has 1 saturated heterocycles. The number of hydrogen-bond donors (Lipinski definition) is 1. The van der Waals surface area contributed by atoms with E-state index in [1.165, 1.54) is 11.1 Å². The second kappa shape index (κ2) is 8.30. The van der Waals surface area contributed by atoms with Crippen LogP contribution < -0.4 is 5.32 Å².